The van der Waals surface area contributed by atoms with E-state index < -0.39 is 5.41 Å². The van der Waals surface area contributed by atoms with Crippen molar-refractivity contribution in [2.24, 2.45) is 0 Å². The topological polar surface area (TPSA) is 33.5 Å². The SMILES string of the molecule is Cc1ccc(CN(C)C(=O)C2(c3cccc(F)c3)CCC2)o1. The zero-order chi connectivity index (χ0) is 15.7. The molecule has 22 heavy (non-hydrogen) atoms. The quantitative estimate of drug-likeness (QED) is 0.860. The second-order valence-electron chi connectivity index (χ2n) is 6.12. The van der Waals surface area contributed by atoms with Crippen molar-refractivity contribution in [2.75, 3.05) is 7.05 Å². The third-order valence-corrected chi connectivity index (χ3v) is 4.53. The van der Waals surface area contributed by atoms with E-state index in [0.29, 0.717) is 6.54 Å². The Morgan fingerprint density at radius 3 is 2.64 bits per heavy atom. The average Bonchev–Trinajstić information content (AvgIpc) is 2.83. The van der Waals surface area contributed by atoms with Crippen molar-refractivity contribution in [3.8, 4) is 0 Å². The maximum Gasteiger partial charge on any atom is 0.233 e. The highest BCUT2D eigenvalue weighted by atomic mass is 19.1. The summed E-state index contributed by atoms with van der Waals surface area (Å²) in [6, 6.07) is 10.2. The highest BCUT2D eigenvalue weighted by Gasteiger charge is 2.47. The Bertz CT molecular complexity index is 688. The lowest BCUT2D eigenvalue weighted by molar-refractivity contribution is -0.140. The van der Waals surface area contributed by atoms with Crippen molar-refractivity contribution in [3.05, 3.63) is 59.3 Å². The van der Waals surface area contributed by atoms with Crippen LogP contribution in [0.5, 0.6) is 0 Å². The van der Waals surface area contributed by atoms with E-state index in [1.165, 1.54) is 12.1 Å². The van der Waals surface area contributed by atoms with Crippen LogP contribution in [0.3, 0.4) is 0 Å². The number of amides is 1. The molecule has 0 aliphatic heterocycles. The van der Waals surface area contributed by atoms with Crippen molar-refractivity contribution < 1.29 is 13.6 Å². The molecule has 0 atom stereocenters. The summed E-state index contributed by atoms with van der Waals surface area (Å²) in [5, 5.41) is 0. The van der Waals surface area contributed by atoms with Crippen LogP contribution >= 0.6 is 0 Å². The van der Waals surface area contributed by atoms with E-state index in [0.717, 1.165) is 36.3 Å². The monoisotopic (exact) mass is 301 g/mol. The molecule has 1 aromatic carbocycles. The van der Waals surface area contributed by atoms with E-state index in [1.54, 1.807) is 18.0 Å². The van der Waals surface area contributed by atoms with E-state index in [4.69, 9.17) is 4.42 Å². The lowest BCUT2D eigenvalue weighted by atomic mass is 9.63. The van der Waals surface area contributed by atoms with Crippen LogP contribution in [-0.4, -0.2) is 17.9 Å². The van der Waals surface area contributed by atoms with Crippen molar-refractivity contribution in [3.63, 3.8) is 0 Å². The van der Waals surface area contributed by atoms with E-state index in [-0.39, 0.29) is 11.7 Å². The minimum Gasteiger partial charge on any atom is -0.464 e. The van der Waals surface area contributed by atoms with Crippen molar-refractivity contribution in [1.29, 1.82) is 0 Å². The minimum atomic E-state index is -0.571. The third kappa shape index (κ3) is 2.54. The Balaban J connectivity index is 1.82. The van der Waals surface area contributed by atoms with Crippen LogP contribution in [0.4, 0.5) is 4.39 Å². The third-order valence-electron chi connectivity index (χ3n) is 4.53. The summed E-state index contributed by atoms with van der Waals surface area (Å²) in [6.45, 7) is 2.31. The lowest BCUT2D eigenvalue weighted by Gasteiger charge is -2.43. The van der Waals surface area contributed by atoms with Crippen LogP contribution < -0.4 is 0 Å². The summed E-state index contributed by atoms with van der Waals surface area (Å²) in [7, 11) is 1.78. The molecule has 0 spiro atoms. The number of nitrogens with zero attached hydrogens (tertiary/aromatic N) is 1. The van der Waals surface area contributed by atoms with Crippen LogP contribution in [0.1, 0.15) is 36.3 Å². The second-order valence-corrected chi connectivity index (χ2v) is 6.12. The number of carbonyl (C=O) groups is 1. The Labute approximate surface area is 129 Å². The molecule has 0 N–H and O–H groups in total. The number of rotatable bonds is 4. The molecule has 0 radical (unpaired) electrons. The van der Waals surface area contributed by atoms with Gasteiger partial charge >= 0.3 is 0 Å². The van der Waals surface area contributed by atoms with Crippen molar-refractivity contribution in [1.82, 2.24) is 4.90 Å². The number of aryl methyl sites for hydroxylation is 1. The van der Waals surface area contributed by atoms with Crippen LogP contribution in [-0.2, 0) is 16.8 Å². The molecule has 1 fully saturated rings. The summed E-state index contributed by atoms with van der Waals surface area (Å²) in [4.78, 5) is 14.6. The first-order valence-electron chi connectivity index (χ1n) is 7.58. The predicted molar refractivity (Wildman–Crippen MR) is 81.8 cm³/mol. The van der Waals surface area contributed by atoms with Gasteiger partial charge in [-0.1, -0.05) is 18.6 Å². The molecule has 4 heteroatoms. The number of benzene rings is 1. The molecule has 3 rings (SSSR count). The fraction of sp³-hybridized carbons (Fsp3) is 0.389. The standard InChI is InChI=1S/C18H20FNO2/c1-13-7-8-16(22-13)12-20(2)17(21)18(9-4-10-18)14-5-3-6-15(19)11-14/h3,5-8,11H,4,9-10,12H2,1-2H3. The molecule has 1 saturated carbocycles. The summed E-state index contributed by atoms with van der Waals surface area (Å²) in [6.07, 6.45) is 2.55. The Morgan fingerprint density at radius 2 is 2.09 bits per heavy atom. The summed E-state index contributed by atoms with van der Waals surface area (Å²) < 4.78 is 19.1. The normalized spacial score (nSPS) is 16.1. The molecule has 1 aliphatic carbocycles. The number of carbonyl (C=O) groups excluding carboxylic acids is 1. The second kappa shape index (κ2) is 5.59. The van der Waals surface area contributed by atoms with E-state index >= 15 is 0 Å². The predicted octanol–water partition coefficient (Wildman–Crippen LogP) is 3.81. The number of halogens is 1. The average molecular weight is 301 g/mol. The molecule has 1 aromatic heterocycles. The van der Waals surface area contributed by atoms with Gasteiger partial charge in [0.2, 0.25) is 5.91 Å². The van der Waals surface area contributed by atoms with Gasteiger partial charge in [0.15, 0.2) is 0 Å². The van der Waals surface area contributed by atoms with E-state index in [9.17, 15) is 9.18 Å². The van der Waals surface area contributed by atoms with Gasteiger partial charge in [-0.25, -0.2) is 4.39 Å². The van der Waals surface area contributed by atoms with E-state index in [2.05, 4.69) is 0 Å². The number of hydrogen-bond acceptors (Lipinski definition) is 2. The molecule has 1 aliphatic rings. The van der Waals surface area contributed by atoms with Gasteiger partial charge in [-0.2, -0.15) is 0 Å². The maximum absolute atomic E-state index is 13.5. The molecule has 0 unspecified atom stereocenters. The fourth-order valence-corrected chi connectivity index (χ4v) is 3.18. The summed E-state index contributed by atoms with van der Waals surface area (Å²) in [5.74, 6) is 1.35. The highest BCUT2D eigenvalue weighted by Crippen LogP contribution is 2.45. The molecule has 1 heterocycles. The molecule has 0 bridgehead atoms. The lowest BCUT2D eigenvalue weighted by Crippen LogP contribution is -2.49. The first-order valence-corrected chi connectivity index (χ1v) is 7.58. The zero-order valence-corrected chi connectivity index (χ0v) is 12.9. The molecular weight excluding hydrogens is 281 g/mol. The molecule has 2 aromatic rings. The molecule has 1 amide bonds. The maximum atomic E-state index is 13.5. The Hall–Kier alpha value is -2.10. The first-order chi connectivity index (χ1) is 10.5. The van der Waals surface area contributed by atoms with Gasteiger partial charge in [-0.05, 0) is 49.6 Å². The van der Waals surface area contributed by atoms with Gasteiger partial charge in [0.05, 0.1) is 12.0 Å². The van der Waals surface area contributed by atoms with Crippen LogP contribution in [0.25, 0.3) is 0 Å². The van der Waals surface area contributed by atoms with Gasteiger partial charge in [0.25, 0.3) is 0 Å². The summed E-state index contributed by atoms with van der Waals surface area (Å²) in [5.41, 5.74) is 0.213. The number of hydrogen-bond donors (Lipinski definition) is 0. The van der Waals surface area contributed by atoms with Gasteiger partial charge < -0.3 is 9.32 Å². The van der Waals surface area contributed by atoms with Gasteiger partial charge in [-0.3, -0.25) is 4.79 Å². The first kappa shape index (κ1) is 14.8. The Kier molecular flexibility index (Phi) is 3.77. The van der Waals surface area contributed by atoms with Crippen molar-refractivity contribution in [2.45, 2.75) is 38.1 Å². The highest BCUT2D eigenvalue weighted by molar-refractivity contribution is 5.89. The van der Waals surface area contributed by atoms with Gasteiger partial charge in [-0.15, -0.1) is 0 Å². The zero-order valence-electron chi connectivity index (χ0n) is 12.9. The molecule has 3 nitrogen and oxygen atoms in total. The largest absolute Gasteiger partial charge is 0.464 e. The van der Waals surface area contributed by atoms with Crippen LogP contribution in [0, 0.1) is 12.7 Å². The van der Waals surface area contributed by atoms with Gasteiger partial charge in [0, 0.05) is 7.05 Å². The van der Waals surface area contributed by atoms with E-state index in [1.807, 2.05) is 25.1 Å². The number of furan rings is 1. The summed E-state index contributed by atoms with van der Waals surface area (Å²) >= 11 is 0. The Morgan fingerprint density at radius 1 is 1.32 bits per heavy atom. The number of likely N-dealkylation sites (N-methyl/N-ethyl adjacent to an activating group) is 1. The molecule has 0 saturated heterocycles. The minimum absolute atomic E-state index is 0.0402. The van der Waals surface area contributed by atoms with Crippen LogP contribution in [0.15, 0.2) is 40.8 Å². The van der Waals surface area contributed by atoms with Crippen molar-refractivity contribution >= 4 is 5.91 Å². The fourth-order valence-electron chi connectivity index (χ4n) is 3.18. The smallest absolute Gasteiger partial charge is 0.233 e. The van der Waals surface area contributed by atoms with Gasteiger partial charge in [0.1, 0.15) is 17.3 Å². The van der Waals surface area contributed by atoms with Crippen LogP contribution in [0.2, 0.25) is 0 Å². The molecule has 116 valence electrons. The molecular formula is C18H20FNO2.